The van der Waals surface area contributed by atoms with E-state index in [9.17, 15) is 14.4 Å². The van der Waals surface area contributed by atoms with Crippen LogP contribution >= 0.6 is 0 Å². The SMILES string of the molecule is CCC(C)(C(=O)OC)N1Cc2ccc(-c3ccc(NC(=O)c4ccc(C(C)(C)C)cc4)cc3)cc2C1=O. The van der Waals surface area contributed by atoms with Gasteiger partial charge in [-0.25, -0.2) is 4.79 Å². The summed E-state index contributed by atoms with van der Waals surface area (Å²) in [6, 6.07) is 21.0. The molecule has 0 spiro atoms. The van der Waals surface area contributed by atoms with E-state index in [4.69, 9.17) is 4.74 Å². The topological polar surface area (TPSA) is 75.7 Å². The lowest BCUT2D eigenvalue weighted by Crippen LogP contribution is -2.52. The normalized spacial score (nSPS) is 14.6. The summed E-state index contributed by atoms with van der Waals surface area (Å²) in [4.78, 5) is 40.0. The molecular weight excluding hydrogens is 464 g/mol. The van der Waals surface area contributed by atoms with E-state index in [0.29, 0.717) is 29.8 Å². The van der Waals surface area contributed by atoms with Crippen molar-refractivity contribution >= 4 is 23.5 Å². The number of carbonyl (C=O) groups is 3. The van der Waals surface area contributed by atoms with Gasteiger partial charge in [-0.1, -0.05) is 64.1 Å². The molecule has 0 radical (unpaired) electrons. The van der Waals surface area contributed by atoms with E-state index in [1.807, 2.05) is 73.7 Å². The smallest absolute Gasteiger partial charge is 0.331 e. The van der Waals surface area contributed by atoms with Gasteiger partial charge in [0, 0.05) is 23.4 Å². The summed E-state index contributed by atoms with van der Waals surface area (Å²) in [5.74, 6) is -0.756. The highest BCUT2D eigenvalue weighted by molar-refractivity contribution is 6.04. The van der Waals surface area contributed by atoms with Crippen molar-refractivity contribution in [3.05, 3.63) is 89.0 Å². The monoisotopic (exact) mass is 498 g/mol. The Hall–Kier alpha value is -3.93. The Bertz CT molecular complexity index is 1340. The first kappa shape index (κ1) is 26.1. The summed E-state index contributed by atoms with van der Waals surface area (Å²) in [7, 11) is 1.34. The molecule has 0 saturated heterocycles. The zero-order valence-electron chi connectivity index (χ0n) is 22.3. The molecule has 3 aromatic rings. The van der Waals surface area contributed by atoms with Gasteiger partial charge in [0.2, 0.25) is 0 Å². The highest BCUT2D eigenvalue weighted by Gasteiger charge is 2.45. The van der Waals surface area contributed by atoms with Crippen LogP contribution in [0.2, 0.25) is 0 Å². The fourth-order valence-corrected chi connectivity index (χ4v) is 4.62. The minimum Gasteiger partial charge on any atom is -0.467 e. The Morgan fingerprint density at radius 1 is 0.919 bits per heavy atom. The third-order valence-electron chi connectivity index (χ3n) is 7.31. The zero-order chi connectivity index (χ0) is 27.0. The number of benzene rings is 3. The van der Waals surface area contributed by atoms with Gasteiger partial charge in [0.05, 0.1) is 7.11 Å². The number of esters is 1. The predicted molar refractivity (Wildman–Crippen MR) is 146 cm³/mol. The van der Waals surface area contributed by atoms with Crippen LogP contribution in [-0.2, 0) is 21.5 Å². The first-order valence-electron chi connectivity index (χ1n) is 12.5. The zero-order valence-corrected chi connectivity index (χ0v) is 22.3. The van der Waals surface area contributed by atoms with E-state index in [0.717, 1.165) is 16.7 Å². The number of hydrogen-bond acceptors (Lipinski definition) is 4. The fourth-order valence-electron chi connectivity index (χ4n) is 4.62. The Morgan fingerprint density at radius 3 is 2.11 bits per heavy atom. The van der Waals surface area contributed by atoms with Crippen LogP contribution < -0.4 is 5.32 Å². The van der Waals surface area contributed by atoms with Crippen LogP contribution in [0.5, 0.6) is 0 Å². The van der Waals surface area contributed by atoms with E-state index in [-0.39, 0.29) is 17.2 Å². The van der Waals surface area contributed by atoms with Crippen molar-refractivity contribution < 1.29 is 19.1 Å². The number of ether oxygens (including phenoxy) is 1. The minimum absolute atomic E-state index is 0.0301. The maximum absolute atomic E-state index is 13.3. The predicted octanol–water partition coefficient (Wildman–Crippen LogP) is 6.20. The van der Waals surface area contributed by atoms with Gasteiger partial charge in [0.25, 0.3) is 11.8 Å². The molecule has 37 heavy (non-hydrogen) atoms. The van der Waals surface area contributed by atoms with Crippen molar-refractivity contribution in [2.75, 3.05) is 12.4 Å². The second-order valence-corrected chi connectivity index (χ2v) is 10.7. The molecule has 1 atom stereocenters. The Balaban J connectivity index is 1.49. The quantitative estimate of drug-likeness (QED) is 0.411. The summed E-state index contributed by atoms with van der Waals surface area (Å²) in [6.45, 7) is 10.4. The number of nitrogens with one attached hydrogen (secondary N) is 1. The molecule has 0 saturated carbocycles. The third kappa shape index (κ3) is 5.01. The molecule has 1 heterocycles. The molecular formula is C31H34N2O4. The van der Waals surface area contributed by atoms with Crippen LogP contribution in [0.3, 0.4) is 0 Å². The van der Waals surface area contributed by atoms with Crippen LogP contribution in [0.15, 0.2) is 66.7 Å². The number of amides is 2. The molecule has 6 nitrogen and oxygen atoms in total. The highest BCUT2D eigenvalue weighted by atomic mass is 16.5. The van der Waals surface area contributed by atoms with E-state index in [1.165, 1.54) is 12.7 Å². The number of nitrogens with zero attached hydrogens (tertiary/aromatic N) is 1. The molecule has 1 aliphatic rings. The maximum Gasteiger partial charge on any atom is 0.331 e. The summed E-state index contributed by atoms with van der Waals surface area (Å²) < 4.78 is 4.98. The second kappa shape index (κ2) is 9.85. The molecule has 192 valence electrons. The molecule has 4 rings (SSSR count). The van der Waals surface area contributed by atoms with E-state index in [1.54, 1.807) is 11.8 Å². The maximum atomic E-state index is 13.3. The van der Waals surface area contributed by atoms with Crippen molar-refractivity contribution in [2.24, 2.45) is 0 Å². The summed E-state index contributed by atoms with van der Waals surface area (Å²) in [5, 5.41) is 2.95. The first-order valence-corrected chi connectivity index (χ1v) is 12.5. The van der Waals surface area contributed by atoms with Crippen molar-refractivity contribution in [1.29, 1.82) is 0 Å². The Kier molecular flexibility index (Phi) is 6.96. The molecule has 2 amide bonds. The second-order valence-electron chi connectivity index (χ2n) is 10.7. The first-order chi connectivity index (χ1) is 17.5. The van der Waals surface area contributed by atoms with Gasteiger partial charge in [-0.05, 0) is 71.3 Å². The average Bonchev–Trinajstić information content (AvgIpc) is 3.23. The molecule has 0 fully saturated rings. The lowest BCUT2D eigenvalue weighted by Gasteiger charge is -2.35. The largest absolute Gasteiger partial charge is 0.467 e. The van der Waals surface area contributed by atoms with Crippen LogP contribution in [0, 0.1) is 0 Å². The number of hydrogen-bond donors (Lipinski definition) is 1. The van der Waals surface area contributed by atoms with E-state index in [2.05, 4.69) is 26.1 Å². The molecule has 3 aromatic carbocycles. The van der Waals surface area contributed by atoms with E-state index < -0.39 is 11.5 Å². The summed E-state index contributed by atoms with van der Waals surface area (Å²) >= 11 is 0. The van der Waals surface area contributed by atoms with Gasteiger partial charge in [-0.2, -0.15) is 0 Å². The molecule has 1 N–H and O–H groups in total. The molecule has 6 heteroatoms. The summed E-state index contributed by atoms with van der Waals surface area (Å²) in [6.07, 6.45) is 0.459. The Morgan fingerprint density at radius 2 is 1.54 bits per heavy atom. The van der Waals surface area contributed by atoms with Gasteiger partial charge in [-0.3, -0.25) is 9.59 Å². The number of rotatable bonds is 6. The van der Waals surface area contributed by atoms with Gasteiger partial charge in [0.1, 0.15) is 5.54 Å². The van der Waals surface area contributed by atoms with E-state index >= 15 is 0 Å². The van der Waals surface area contributed by atoms with Gasteiger partial charge in [-0.15, -0.1) is 0 Å². The fraction of sp³-hybridized carbons (Fsp3) is 0.323. The van der Waals surface area contributed by atoms with Crippen molar-refractivity contribution in [3.63, 3.8) is 0 Å². The molecule has 0 bridgehead atoms. The number of anilines is 1. The lowest BCUT2D eigenvalue weighted by atomic mass is 9.87. The standard InChI is InChI=1S/C31H34N2O4/c1-7-31(5,29(36)37-6)33-19-23-9-8-22(18-26(23)28(33)35)20-12-16-25(17-13-20)32-27(34)21-10-14-24(15-11-21)30(2,3)4/h8-18H,7,19H2,1-6H3,(H,32,34). The van der Waals surface area contributed by atoms with Crippen LogP contribution in [0.4, 0.5) is 5.69 Å². The summed E-state index contributed by atoms with van der Waals surface area (Å²) in [5.41, 5.74) is 4.78. The molecule has 1 aliphatic heterocycles. The van der Waals surface area contributed by atoms with Crippen LogP contribution in [0.1, 0.15) is 72.9 Å². The van der Waals surface area contributed by atoms with Gasteiger partial charge < -0.3 is 15.0 Å². The Labute approximate surface area is 218 Å². The van der Waals surface area contributed by atoms with Crippen LogP contribution in [-0.4, -0.2) is 35.3 Å². The molecule has 0 aromatic heterocycles. The van der Waals surface area contributed by atoms with Crippen molar-refractivity contribution in [3.8, 4) is 11.1 Å². The van der Waals surface area contributed by atoms with Crippen LogP contribution in [0.25, 0.3) is 11.1 Å². The highest BCUT2D eigenvalue weighted by Crippen LogP contribution is 2.35. The average molecular weight is 499 g/mol. The van der Waals surface area contributed by atoms with Crippen molar-refractivity contribution in [1.82, 2.24) is 4.90 Å². The minimum atomic E-state index is -1.02. The molecule has 0 aliphatic carbocycles. The lowest BCUT2D eigenvalue weighted by molar-refractivity contribution is -0.153. The molecule has 1 unspecified atom stereocenters. The number of fused-ring (bicyclic) bond motifs is 1. The van der Waals surface area contributed by atoms with Gasteiger partial charge in [0.15, 0.2) is 0 Å². The number of carbonyl (C=O) groups excluding carboxylic acids is 3. The van der Waals surface area contributed by atoms with Gasteiger partial charge >= 0.3 is 5.97 Å². The van der Waals surface area contributed by atoms with Crippen molar-refractivity contribution in [2.45, 2.75) is 58.5 Å². The number of methoxy groups -OCH3 is 1. The third-order valence-corrected chi connectivity index (χ3v) is 7.31.